The van der Waals surface area contributed by atoms with Crippen LogP contribution < -0.4 is 11.3 Å². The van der Waals surface area contributed by atoms with E-state index in [-0.39, 0.29) is 17.7 Å². The van der Waals surface area contributed by atoms with Gasteiger partial charge in [0.05, 0.1) is 6.04 Å². The van der Waals surface area contributed by atoms with Gasteiger partial charge in [-0.2, -0.15) is 0 Å². The molecule has 5 heteroatoms. The van der Waals surface area contributed by atoms with Crippen LogP contribution in [0.1, 0.15) is 22.7 Å². The summed E-state index contributed by atoms with van der Waals surface area (Å²) in [5.74, 6) is 4.86. The average molecular weight is 297 g/mol. The molecule has 1 unspecified atom stereocenters. The summed E-state index contributed by atoms with van der Waals surface area (Å²) in [6.45, 7) is 1.79. The van der Waals surface area contributed by atoms with E-state index in [9.17, 15) is 8.78 Å². The number of aryl methyl sites for hydroxylation is 1. The first-order valence-corrected chi connectivity index (χ1v) is 6.55. The normalized spacial score (nSPS) is 12.4. The van der Waals surface area contributed by atoms with E-state index >= 15 is 0 Å². The van der Waals surface area contributed by atoms with Crippen LogP contribution in [0, 0.1) is 18.6 Å². The van der Waals surface area contributed by atoms with Crippen molar-refractivity contribution in [3.63, 3.8) is 0 Å². The fourth-order valence-electron chi connectivity index (χ4n) is 2.20. The van der Waals surface area contributed by atoms with Crippen molar-refractivity contribution in [2.75, 3.05) is 0 Å². The van der Waals surface area contributed by atoms with Crippen molar-refractivity contribution in [1.29, 1.82) is 0 Å². The smallest absolute Gasteiger partial charge is 0.127 e. The highest BCUT2D eigenvalue weighted by atomic mass is 35.5. The van der Waals surface area contributed by atoms with Crippen LogP contribution in [0.3, 0.4) is 0 Å². The molecule has 0 heterocycles. The third-order valence-corrected chi connectivity index (χ3v) is 3.48. The molecule has 1 atom stereocenters. The molecule has 0 radical (unpaired) electrons. The number of halogens is 3. The lowest BCUT2D eigenvalue weighted by molar-refractivity contribution is 0.525. The van der Waals surface area contributed by atoms with Crippen LogP contribution in [-0.2, 0) is 6.42 Å². The fraction of sp³-hybridized carbons (Fsp3) is 0.200. The first-order chi connectivity index (χ1) is 9.51. The van der Waals surface area contributed by atoms with Gasteiger partial charge in [0.25, 0.3) is 0 Å². The number of hydrogen-bond donors (Lipinski definition) is 2. The molecule has 0 aromatic heterocycles. The quantitative estimate of drug-likeness (QED) is 0.667. The van der Waals surface area contributed by atoms with Gasteiger partial charge < -0.3 is 0 Å². The highest BCUT2D eigenvalue weighted by molar-refractivity contribution is 6.30. The lowest BCUT2D eigenvalue weighted by Gasteiger charge is -2.19. The Kier molecular flexibility index (Phi) is 4.70. The molecule has 0 fully saturated rings. The van der Waals surface area contributed by atoms with Gasteiger partial charge in [-0.15, -0.1) is 0 Å². The number of hydrazine groups is 1. The summed E-state index contributed by atoms with van der Waals surface area (Å²) in [5.41, 5.74) is 4.75. The Morgan fingerprint density at radius 2 is 1.95 bits per heavy atom. The van der Waals surface area contributed by atoms with E-state index < -0.39 is 0 Å². The molecule has 0 amide bonds. The maximum atomic E-state index is 13.8. The molecule has 20 heavy (non-hydrogen) atoms. The molecule has 0 aliphatic rings. The maximum absolute atomic E-state index is 13.8. The van der Waals surface area contributed by atoms with Crippen molar-refractivity contribution in [3.05, 3.63) is 69.7 Å². The van der Waals surface area contributed by atoms with Gasteiger partial charge in [0.1, 0.15) is 11.6 Å². The number of hydrogen-bond acceptors (Lipinski definition) is 2. The topological polar surface area (TPSA) is 38.0 Å². The Morgan fingerprint density at radius 3 is 2.55 bits per heavy atom. The van der Waals surface area contributed by atoms with E-state index in [4.69, 9.17) is 17.4 Å². The zero-order chi connectivity index (χ0) is 14.7. The predicted octanol–water partition coefficient (Wildman–Crippen LogP) is 3.67. The summed E-state index contributed by atoms with van der Waals surface area (Å²) >= 11 is 5.73. The van der Waals surface area contributed by atoms with Crippen LogP contribution in [0.4, 0.5) is 8.78 Å². The van der Waals surface area contributed by atoms with Crippen LogP contribution in [0.5, 0.6) is 0 Å². The number of nitrogens with one attached hydrogen (secondary N) is 1. The summed E-state index contributed by atoms with van der Waals surface area (Å²) in [7, 11) is 0. The molecule has 0 aliphatic heterocycles. The molecular formula is C15H15ClF2N2. The molecule has 2 rings (SSSR count). The van der Waals surface area contributed by atoms with E-state index in [1.54, 1.807) is 25.1 Å². The zero-order valence-corrected chi connectivity index (χ0v) is 11.7. The van der Waals surface area contributed by atoms with Gasteiger partial charge in [-0.3, -0.25) is 11.3 Å². The Hall–Kier alpha value is -1.49. The van der Waals surface area contributed by atoms with Crippen LogP contribution >= 0.6 is 11.6 Å². The second kappa shape index (κ2) is 6.31. The predicted molar refractivity (Wildman–Crippen MR) is 76.3 cm³/mol. The Bertz CT molecular complexity index is 617. The number of nitrogens with two attached hydrogens (primary N) is 1. The molecule has 0 saturated heterocycles. The van der Waals surface area contributed by atoms with E-state index in [0.29, 0.717) is 17.0 Å². The minimum absolute atomic E-state index is 0.300. The van der Waals surface area contributed by atoms with Crippen LogP contribution in [0.15, 0.2) is 36.4 Å². The van der Waals surface area contributed by atoms with Crippen molar-refractivity contribution >= 4 is 11.6 Å². The Labute approximate surface area is 121 Å². The molecule has 106 valence electrons. The van der Waals surface area contributed by atoms with Crippen LogP contribution in [-0.4, -0.2) is 0 Å². The van der Waals surface area contributed by atoms with E-state index in [2.05, 4.69) is 5.43 Å². The maximum Gasteiger partial charge on any atom is 0.127 e. The third kappa shape index (κ3) is 3.33. The fourth-order valence-corrected chi connectivity index (χ4v) is 2.35. The molecule has 0 bridgehead atoms. The SMILES string of the molecule is Cc1cc(F)ccc1C(Cc1ccc(Cl)cc1F)NN. The lowest BCUT2D eigenvalue weighted by Crippen LogP contribution is -2.30. The Morgan fingerprint density at radius 1 is 1.20 bits per heavy atom. The Balaban J connectivity index is 2.28. The second-order valence-corrected chi connectivity index (χ2v) is 5.10. The first-order valence-electron chi connectivity index (χ1n) is 6.17. The molecule has 2 aromatic rings. The third-order valence-electron chi connectivity index (χ3n) is 3.25. The van der Waals surface area contributed by atoms with Crippen molar-refractivity contribution < 1.29 is 8.78 Å². The van der Waals surface area contributed by atoms with Crippen LogP contribution in [0.2, 0.25) is 5.02 Å². The van der Waals surface area contributed by atoms with Crippen molar-refractivity contribution in [1.82, 2.24) is 5.43 Å². The molecule has 0 aliphatic carbocycles. The summed E-state index contributed by atoms with van der Waals surface area (Å²) in [4.78, 5) is 0. The molecule has 3 N–H and O–H groups in total. The molecule has 0 spiro atoms. The summed E-state index contributed by atoms with van der Waals surface area (Å²) in [5, 5.41) is 0.349. The van der Waals surface area contributed by atoms with Crippen molar-refractivity contribution in [3.8, 4) is 0 Å². The molecular weight excluding hydrogens is 282 g/mol. The molecule has 0 saturated carbocycles. The van der Waals surface area contributed by atoms with Gasteiger partial charge in [0.2, 0.25) is 0 Å². The molecule has 2 nitrogen and oxygen atoms in total. The lowest BCUT2D eigenvalue weighted by atomic mass is 9.95. The van der Waals surface area contributed by atoms with Gasteiger partial charge >= 0.3 is 0 Å². The van der Waals surface area contributed by atoms with Gasteiger partial charge in [-0.25, -0.2) is 8.78 Å². The average Bonchev–Trinajstić information content (AvgIpc) is 2.39. The number of rotatable bonds is 4. The van der Waals surface area contributed by atoms with Gasteiger partial charge in [-0.05, 0) is 54.3 Å². The van der Waals surface area contributed by atoms with E-state index in [1.807, 2.05) is 0 Å². The van der Waals surface area contributed by atoms with Crippen LogP contribution in [0.25, 0.3) is 0 Å². The minimum atomic E-state index is -0.377. The zero-order valence-electron chi connectivity index (χ0n) is 11.0. The summed E-state index contributed by atoms with van der Waals surface area (Å²) in [6.07, 6.45) is 0.353. The van der Waals surface area contributed by atoms with E-state index in [0.717, 1.165) is 11.1 Å². The highest BCUT2D eigenvalue weighted by Crippen LogP contribution is 2.24. The van der Waals surface area contributed by atoms with Gasteiger partial charge in [0.15, 0.2) is 0 Å². The van der Waals surface area contributed by atoms with Gasteiger partial charge in [-0.1, -0.05) is 23.7 Å². The monoisotopic (exact) mass is 296 g/mol. The standard InChI is InChI=1S/C15H15ClF2N2/c1-9-6-12(17)4-5-13(9)15(20-19)7-10-2-3-11(16)8-14(10)18/h2-6,8,15,20H,7,19H2,1H3. The van der Waals surface area contributed by atoms with E-state index in [1.165, 1.54) is 18.2 Å². The first kappa shape index (κ1) is 14.9. The number of benzene rings is 2. The highest BCUT2D eigenvalue weighted by Gasteiger charge is 2.15. The summed E-state index contributed by atoms with van der Waals surface area (Å²) in [6, 6.07) is 8.67. The molecule has 2 aromatic carbocycles. The minimum Gasteiger partial charge on any atom is -0.271 e. The largest absolute Gasteiger partial charge is 0.271 e. The summed E-state index contributed by atoms with van der Waals surface area (Å²) < 4.78 is 26.9. The van der Waals surface area contributed by atoms with Crippen molar-refractivity contribution in [2.45, 2.75) is 19.4 Å². The second-order valence-electron chi connectivity index (χ2n) is 4.66. The van der Waals surface area contributed by atoms with Gasteiger partial charge in [0, 0.05) is 5.02 Å². The van der Waals surface area contributed by atoms with Crippen molar-refractivity contribution in [2.24, 2.45) is 5.84 Å².